The molecule has 1 heterocycles. The number of nitrogens with two attached hydrogens (primary N) is 2. The lowest BCUT2D eigenvalue weighted by atomic mass is 10.2. The van der Waals surface area contributed by atoms with Crippen LogP contribution in [0.1, 0.15) is 15.9 Å². The second-order valence-corrected chi connectivity index (χ2v) is 6.38. The molecular weight excluding hydrogens is 394 g/mol. The molecule has 0 saturated carbocycles. The van der Waals surface area contributed by atoms with Gasteiger partial charge in [0.15, 0.2) is 0 Å². The molecule has 0 aliphatic rings. The number of anilines is 4. The number of nitrogens with one attached hydrogen (secondary N) is 3. The minimum Gasteiger partial charge on any atom is -0.365 e. The summed E-state index contributed by atoms with van der Waals surface area (Å²) >= 11 is 6.03. The van der Waals surface area contributed by atoms with Gasteiger partial charge in [-0.05, 0) is 23.8 Å². The first kappa shape index (κ1) is 19.9. The van der Waals surface area contributed by atoms with E-state index in [1.807, 2.05) is 30.3 Å². The standard InChI is InChI=1S/C19H18ClN7O2/c20-14-7-6-12(8-15(14)26-18(22)29)25-19-24-10-13(16(21)28)17(27-19)23-9-11-4-2-1-3-5-11/h1-8,10H,9H2,(H2,21,28)(H3,22,26,29)(H2,23,24,25,27). The molecule has 3 rings (SSSR count). The van der Waals surface area contributed by atoms with Crippen LogP contribution in [0.3, 0.4) is 0 Å². The zero-order chi connectivity index (χ0) is 20.8. The van der Waals surface area contributed by atoms with Crippen molar-refractivity contribution in [1.29, 1.82) is 0 Å². The summed E-state index contributed by atoms with van der Waals surface area (Å²) < 4.78 is 0. The zero-order valence-corrected chi connectivity index (χ0v) is 15.9. The van der Waals surface area contributed by atoms with E-state index < -0.39 is 11.9 Å². The van der Waals surface area contributed by atoms with Gasteiger partial charge in [0.05, 0.1) is 16.3 Å². The number of rotatable bonds is 7. The number of primary amides is 2. The van der Waals surface area contributed by atoms with E-state index in [4.69, 9.17) is 23.1 Å². The van der Waals surface area contributed by atoms with E-state index in [1.54, 1.807) is 18.2 Å². The van der Waals surface area contributed by atoms with Crippen molar-refractivity contribution in [2.45, 2.75) is 6.54 Å². The van der Waals surface area contributed by atoms with E-state index >= 15 is 0 Å². The summed E-state index contributed by atoms with van der Waals surface area (Å²) in [5.41, 5.74) is 12.6. The first-order chi connectivity index (χ1) is 13.9. The van der Waals surface area contributed by atoms with Gasteiger partial charge >= 0.3 is 6.03 Å². The summed E-state index contributed by atoms with van der Waals surface area (Å²) in [5.74, 6) is -0.132. The van der Waals surface area contributed by atoms with Crippen molar-refractivity contribution in [3.8, 4) is 0 Å². The van der Waals surface area contributed by atoms with Crippen molar-refractivity contribution in [2.75, 3.05) is 16.0 Å². The molecule has 29 heavy (non-hydrogen) atoms. The van der Waals surface area contributed by atoms with E-state index in [2.05, 4.69) is 25.9 Å². The average Bonchev–Trinajstić information content (AvgIpc) is 2.69. The fraction of sp³-hybridized carbons (Fsp3) is 0.0526. The van der Waals surface area contributed by atoms with Gasteiger partial charge in [0, 0.05) is 18.4 Å². The van der Waals surface area contributed by atoms with Gasteiger partial charge in [0.1, 0.15) is 5.82 Å². The van der Waals surface area contributed by atoms with Crippen LogP contribution in [0.15, 0.2) is 54.7 Å². The molecule has 3 aromatic rings. The number of benzene rings is 2. The molecule has 10 heteroatoms. The number of urea groups is 1. The molecule has 0 spiro atoms. The second-order valence-electron chi connectivity index (χ2n) is 5.97. The van der Waals surface area contributed by atoms with Crippen LogP contribution in [-0.4, -0.2) is 21.9 Å². The van der Waals surface area contributed by atoms with Crippen molar-refractivity contribution >= 4 is 46.7 Å². The molecule has 1 aromatic heterocycles. The van der Waals surface area contributed by atoms with E-state index in [9.17, 15) is 9.59 Å². The van der Waals surface area contributed by atoms with Crippen LogP contribution >= 0.6 is 11.6 Å². The number of hydrogen-bond acceptors (Lipinski definition) is 6. The lowest BCUT2D eigenvalue weighted by molar-refractivity contribution is 0.100. The van der Waals surface area contributed by atoms with Gasteiger partial charge < -0.3 is 27.4 Å². The highest BCUT2D eigenvalue weighted by atomic mass is 35.5. The number of halogens is 1. The molecule has 0 atom stereocenters. The number of carbonyl (C=O) groups excluding carboxylic acids is 2. The normalized spacial score (nSPS) is 10.2. The van der Waals surface area contributed by atoms with Crippen LogP contribution in [-0.2, 0) is 6.54 Å². The molecule has 0 unspecified atom stereocenters. The maximum Gasteiger partial charge on any atom is 0.316 e. The van der Waals surface area contributed by atoms with Gasteiger partial charge in [-0.15, -0.1) is 0 Å². The highest BCUT2D eigenvalue weighted by Crippen LogP contribution is 2.27. The molecule has 0 radical (unpaired) electrons. The Kier molecular flexibility index (Phi) is 6.10. The average molecular weight is 412 g/mol. The Morgan fingerprint density at radius 3 is 2.52 bits per heavy atom. The first-order valence-corrected chi connectivity index (χ1v) is 8.88. The largest absolute Gasteiger partial charge is 0.365 e. The Hall–Kier alpha value is -3.85. The van der Waals surface area contributed by atoms with Crippen molar-refractivity contribution < 1.29 is 9.59 Å². The quantitative estimate of drug-likeness (QED) is 0.403. The molecule has 9 nitrogen and oxygen atoms in total. The Morgan fingerprint density at radius 1 is 1.07 bits per heavy atom. The van der Waals surface area contributed by atoms with Crippen LogP contribution in [0.2, 0.25) is 5.02 Å². The number of carbonyl (C=O) groups is 2. The van der Waals surface area contributed by atoms with E-state index in [0.29, 0.717) is 28.8 Å². The Bertz CT molecular complexity index is 1040. The Morgan fingerprint density at radius 2 is 1.83 bits per heavy atom. The predicted molar refractivity (Wildman–Crippen MR) is 112 cm³/mol. The Balaban J connectivity index is 1.83. The number of hydrogen-bond donors (Lipinski definition) is 5. The summed E-state index contributed by atoms with van der Waals surface area (Å²) in [4.78, 5) is 31.2. The highest BCUT2D eigenvalue weighted by molar-refractivity contribution is 6.33. The molecule has 2 aromatic carbocycles. The van der Waals surface area contributed by atoms with Crippen LogP contribution in [0.5, 0.6) is 0 Å². The van der Waals surface area contributed by atoms with Gasteiger partial charge in [0.25, 0.3) is 5.91 Å². The minimum absolute atomic E-state index is 0.165. The number of amides is 3. The van der Waals surface area contributed by atoms with Gasteiger partial charge in [0.2, 0.25) is 5.95 Å². The van der Waals surface area contributed by atoms with Crippen molar-refractivity contribution in [1.82, 2.24) is 9.97 Å². The van der Waals surface area contributed by atoms with Crippen molar-refractivity contribution in [3.05, 3.63) is 70.9 Å². The van der Waals surface area contributed by atoms with Gasteiger partial charge in [-0.25, -0.2) is 9.78 Å². The fourth-order valence-corrected chi connectivity index (χ4v) is 2.66. The predicted octanol–water partition coefficient (Wildman–Crippen LogP) is 3.08. The van der Waals surface area contributed by atoms with Gasteiger partial charge in [-0.2, -0.15) is 4.98 Å². The lowest BCUT2D eigenvalue weighted by Gasteiger charge is -2.12. The van der Waals surface area contributed by atoms with Gasteiger partial charge in [-0.1, -0.05) is 41.9 Å². The van der Waals surface area contributed by atoms with Crippen molar-refractivity contribution in [2.24, 2.45) is 11.5 Å². The maximum atomic E-state index is 11.7. The lowest BCUT2D eigenvalue weighted by Crippen LogP contribution is -2.19. The van der Waals surface area contributed by atoms with Crippen LogP contribution in [0, 0.1) is 0 Å². The molecule has 3 amide bonds. The monoisotopic (exact) mass is 411 g/mol. The summed E-state index contributed by atoms with van der Waals surface area (Å²) in [7, 11) is 0. The van der Waals surface area contributed by atoms with E-state index in [-0.39, 0.29) is 11.5 Å². The fourth-order valence-electron chi connectivity index (χ4n) is 2.50. The third kappa shape index (κ3) is 5.33. The second kappa shape index (κ2) is 8.89. The topological polar surface area (TPSA) is 148 Å². The zero-order valence-electron chi connectivity index (χ0n) is 15.1. The molecular formula is C19H18ClN7O2. The summed E-state index contributed by atoms with van der Waals surface area (Å²) in [6, 6.07) is 13.7. The molecule has 0 aliphatic heterocycles. The number of aromatic nitrogens is 2. The maximum absolute atomic E-state index is 11.7. The molecule has 0 saturated heterocycles. The Labute approximate surface area is 171 Å². The SMILES string of the molecule is NC(=O)Nc1cc(Nc2ncc(C(N)=O)c(NCc3ccccc3)n2)ccc1Cl. The molecule has 148 valence electrons. The third-order valence-corrected chi connectivity index (χ3v) is 4.17. The smallest absolute Gasteiger partial charge is 0.316 e. The minimum atomic E-state index is -0.737. The molecule has 0 aliphatic carbocycles. The molecule has 0 fully saturated rings. The van der Waals surface area contributed by atoms with Gasteiger partial charge in [-0.3, -0.25) is 4.79 Å². The first-order valence-electron chi connectivity index (χ1n) is 8.50. The van der Waals surface area contributed by atoms with Crippen molar-refractivity contribution in [3.63, 3.8) is 0 Å². The summed E-state index contributed by atoms with van der Waals surface area (Å²) in [6.45, 7) is 0.450. The summed E-state index contributed by atoms with van der Waals surface area (Å²) in [5, 5.41) is 8.83. The third-order valence-electron chi connectivity index (χ3n) is 3.84. The highest BCUT2D eigenvalue weighted by Gasteiger charge is 2.13. The van der Waals surface area contributed by atoms with E-state index in [0.717, 1.165) is 5.56 Å². The van der Waals surface area contributed by atoms with E-state index in [1.165, 1.54) is 6.20 Å². The van der Waals surface area contributed by atoms with Crippen LogP contribution < -0.4 is 27.4 Å². The van der Waals surface area contributed by atoms with Crippen LogP contribution in [0.4, 0.5) is 27.9 Å². The van der Waals surface area contributed by atoms with Crippen LogP contribution in [0.25, 0.3) is 0 Å². The molecule has 0 bridgehead atoms. The number of nitrogens with zero attached hydrogens (tertiary/aromatic N) is 2. The molecule has 7 N–H and O–H groups in total. The summed E-state index contributed by atoms with van der Waals surface area (Å²) in [6.07, 6.45) is 1.34.